The lowest BCUT2D eigenvalue weighted by Gasteiger charge is -2.37. The molecule has 0 aromatic heterocycles. The van der Waals surface area contributed by atoms with Gasteiger partial charge < -0.3 is 4.74 Å². The number of carbonyl (C=O) groups is 1. The van der Waals surface area contributed by atoms with Crippen molar-refractivity contribution in [1.82, 2.24) is 0 Å². The lowest BCUT2D eigenvalue weighted by Crippen LogP contribution is -2.36. The van der Waals surface area contributed by atoms with E-state index in [2.05, 4.69) is 20.8 Å². The zero-order valence-electron chi connectivity index (χ0n) is 21.4. The van der Waals surface area contributed by atoms with Crippen LogP contribution in [0.25, 0.3) is 5.57 Å². The van der Waals surface area contributed by atoms with Crippen molar-refractivity contribution < 1.29 is 22.7 Å². The topological polar surface area (TPSA) is 26.3 Å². The number of carbonyl (C=O) groups excluding carboxylic acids is 1. The smallest absolute Gasteiger partial charge is 0.417 e. The Morgan fingerprint density at radius 3 is 2.17 bits per heavy atom. The van der Waals surface area contributed by atoms with Gasteiger partial charge in [0.05, 0.1) is 20.6 Å². The van der Waals surface area contributed by atoms with Crippen molar-refractivity contribution in [3.8, 4) is 0 Å². The van der Waals surface area contributed by atoms with Gasteiger partial charge in [-0.3, -0.25) is 0 Å². The zero-order valence-corrected chi connectivity index (χ0v) is 23.7. The first-order valence-electron chi connectivity index (χ1n) is 13.1. The number of benzene rings is 1. The molecule has 1 aromatic rings. The van der Waals surface area contributed by atoms with E-state index in [-0.39, 0.29) is 32.5 Å². The maximum atomic E-state index is 13.9. The Morgan fingerprint density at radius 1 is 1.03 bits per heavy atom. The van der Waals surface area contributed by atoms with Crippen molar-refractivity contribution in [1.29, 1.82) is 0 Å². The van der Waals surface area contributed by atoms with E-state index in [1.54, 1.807) is 0 Å². The zero-order chi connectivity index (χ0) is 26.9. The molecule has 0 amide bonds. The van der Waals surface area contributed by atoms with Crippen molar-refractivity contribution in [3.05, 3.63) is 38.8 Å². The summed E-state index contributed by atoms with van der Waals surface area (Å²) in [4.78, 5) is 12.7. The standard InChI is InChI=1S/C28H38Cl3F3O2/c1-4-5-6-7-8-9-10-11-19-12-13-21(18(2)3)25(14-19)36-26(35)17-22(28(32,33)34)20-15-23(29)27(31)24(30)16-20/h15-19,21,25H,4-14H2,1-3H3/b22-17+/t19-,21+,25-/m0/s1. The minimum atomic E-state index is -4.80. The molecule has 2 rings (SSSR count). The third-order valence-corrected chi connectivity index (χ3v) is 8.35. The minimum absolute atomic E-state index is 0.0415. The molecule has 0 bridgehead atoms. The highest BCUT2D eigenvalue weighted by molar-refractivity contribution is 6.48. The number of hydrogen-bond donors (Lipinski definition) is 0. The summed E-state index contributed by atoms with van der Waals surface area (Å²) < 4.78 is 47.2. The average Bonchev–Trinajstić information content (AvgIpc) is 2.79. The molecule has 0 spiro atoms. The summed E-state index contributed by atoms with van der Waals surface area (Å²) in [6.45, 7) is 6.34. The van der Waals surface area contributed by atoms with E-state index < -0.39 is 23.8 Å². The molecule has 8 heteroatoms. The summed E-state index contributed by atoms with van der Waals surface area (Å²) >= 11 is 17.7. The number of ether oxygens (including phenoxy) is 1. The maximum absolute atomic E-state index is 13.9. The number of rotatable bonds is 12. The van der Waals surface area contributed by atoms with Gasteiger partial charge in [0.25, 0.3) is 0 Å². The Morgan fingerprint density at radius 2 is 1.61 bits per heavy atom. The van der Waals surface area contributed by atoms with Crippen LogP contribution in [0.3, 0.4) is 0 Å². The van der Waals surface area contributed by atoms with E-state index in [0.717, 1.165) is 37.8 Å². The van der Waals surface area contributed by atoms with Crippen molar-refractivity contribution >= 4 is 46.3 Å². The van der Waals surface area contributed by atoms with Gasteiger partial charge in [0.2, 0.25) is 0 Å². The molecule has 1 fully saturated rings. The van der Waals surface area contributed by atoms with Gasteiger partial charge in [0.15, 0.2) is 0 Å². The molecule has 204 valence electrons. The summed E-state index contributed by atoms with van der Waals surface area (Å²) in [5.74, 6) is -0.186. The molecule has 1 aromatic carbocycles. The molecular weight excluding hydrogens is 532 g/mol. The van der Waals surface area contributed by atoms with Crippen molar-refractivity contribution in [2.45, 2.75) is 104 Å². The highest BCUT2D eigenvalue weighted by atomic mass is 35.5. The van der Waals surface area contributed by atoms with Crippen LogP contribution in [-0.2, 0) is 9.53 Å². The Labute approximate surface area is 228 Å². The normalized spacial score (nSPS) is 21.2. The molecule has 1 saturated carbocycles. The van der Waals surface area contributed by atoms with Crippen molar-refractivity contribution in [3.63, 3.8) is 0 Å². The summed E-state index contributed by atoms with van der Waals surface area (Å²) in [6.07, 6.45) is 7.70. The van der Waals surface area contributed by atoms with Crippen LogP contribution in [0.1, 0.15) is 97.0 Å². The van der Waals surface area contributed by atoms with E-state index in [1.165, 1.54) is 38.5 Å². The number of unbranched alkanes of at least 4 members (excludes halogenated alkanes) is 6. The number of esters is 1. The van der Waals surface area contributed by atoms with Gasteiger partial charge in [-0.25, -0.2) is 4.79 Å². The summed E-state index contributed by atoms with van der Waals surface area (Å²) in [5, 5.41) is -0.286. The molecule has 0 radical (unpaired) electrons. The van der Waals surface area contributed by atoms with Gasteiger partial charge in [-0.1, -0.05) is 107 Å². The first-order chi connectivity index (χ1) is 16.9. The van der Waals surface area contributed by atoms with E-state index in [9.17, 15) is 18.0 Å². The molecule has 36 heavy (non-hydrogen) atoms. The third kappa shape index (κ3) is 9.76. The summed E-state index contributed by atoms with van der Waals surface area (Å²) in [5.41, 5.74) is -1.50. The number of allylic oxidation sites excluding steroid dienone is 1. The van der Waals surface area contributed by atoms with Gasteiger partial charge in [-0.15, -0.1) is 0 Å². The summed E-state index contributed by atoms with van der Waals surface area (Å²) in [6, 6.07) is 2.11. The molecule has 0 N–H and O–H groups in total. The van der Waals surface area contributed by atoms with Gasteiger partial charge in [0.1, 0.15) is 6.10 Å². The molecule has 1 aliphatic rings. The second-order valence-electron chi connectivity index (χ2n) is 10.3. The Bertz CT molecular complexity index is 860. The van der Waals surface area contributed by atoms with E-state index in [0.29, 0.717) is 18.4 Å². The van der Waals surface area contributed by atoms with Crippen LogP contribution in [0.15, 0.2) is 18.2 Å². The Hall–Kier alpha value is -0.910. The molecule has 0 heterocycles. The Kier molecular flexibility index (Phi) is 12.9. The molecule has 0 saturated heterocycles. The van der Waals surface area contributed by atoms with Crippen LogP contribution < -0.4 is 0 Å². The fourth-order valence-electron chi connectivity index (χ4n) is 5.13. The summed E-state index contributed by atoms with van der Waals surface area (Å²) in [7, 11) is 0. The number of alkyl halides is 3. The molecule has 0 aliphatic heterocycles. The van der Waals surface area contributed by atoms with E-state index in [4.69, 9.17) is 39.5 Å². The van der Waals surface area contributed by atoms with Crippen molar-refractivity contribution in [2.24, 2.45) is 17.8 Å². The predicted octanol–water partition coefficient (Wildman–Crippen LogP) is 10.7. The first-order valence-corrected chi connectivity index (χ1v) is 14.2. The Balaban J connectivity index is 2.08. The second kappa shape index (κ2) is 14.9. The van der Waals surface area contributed by atoms with E-state index >= 15 is 0 Å². The first kappa shape index (κ1) is 31.3. The SMILES string of the molecule is CCCCCCCCC[C@H]1CC[C@H](C(C)C)[C@@H](OC(=O)/C=C(\c2cc(Cl)c(Cl)c(Cl)c2)C(F)(F)F)C1. The van der Waals surface area contributed by atoms with Crippen LogP contribution in [0.4, 0.5) is 13.2 Å². The van der Waals surface area contributed by atoms with Crippen LogP contribution >= 0.6 is 34.8 Å². The van der Waals surface area contributed by atoms with Crippen LogP contribution in [0.5, 0.6) is 0 Å². The van der Waals surface area contributed by atoms with Gasteiger partial charge in [0, 0.05) is 6.08 Å². The molecule has 3 atom stereocenters. The molecular formula is C28H38Cl3F3O2. The fourth-order valence-corrected chi connectivity index (χ4v) is 5.72. The fraction of sp³-hybridized carbons (Fsp3) is 0.679. The second-order valence-corrected chi connectivity index (χ2v) is 11.5. The van der Waals surface area contributed by atoms with Crippen LogP contribution in [0, 0.1) is 17.8 Å². The van der Waals surface area contributed by atoms with Gasteiger partial charge >= 0.3 is 12.1 Å². The minimum Gasteiger partial charge on any atom is -0.459 e. The van der Waals surface area contributed by atoms with Gasteiger partial charge in [-0.05, 0) is 54.7 Å². The highest BCUT2D eigenvalue weighted by Crippen LogP contribution is 2.41. The largest absolute Gasteiger partial charge is 0.459 e. The van der Waals surface area contributed by atoms with E-state index in [1.807, 2.05) is 0 Å². The highest BCUT2D eigenvalue weighted by Gasteiger charge is 2.38. The number of hydrogen-bond acceptors (Lipinski definition) is 2. The molecule has 1 aliphatic carbocycles. The average molecular weight is 570 g/mol. The molecule has 0 unspecified atom stereocenters. The maximum Gasteiger partial charge on any atom is 0.417 e. The monoisotopic (exact) mass is 568 g/mol. The molecule has 2 nitrogen and oxygen atoms in total. The third-order valence-electron chi connectivity index (χ3n) is 7.15. The van der Waals surface area contributed by atoms with Crippen LogP contribution in [0.2, 0.25) is 15.1 Å². The lowest BCUT2D eigenvalue weighted by molar-refractivity contribution is -0.150. The number of halogens is 6. The predicted molar refractivity (Wildman–Crippen MR) is 144 cm³/mol. The van der Waals surface area contributed by atoms with Gasteiger partial charge in [-0.2, -0.15) is 13.2 Å². The quantitative estimate of drug-likeness (QED) is 0.108. The van der Waals surface area contributed by atoms with Crippen molar-refractivity contribution in [2.75, 3.05) is 0 Å². The lowest BCUT2D eigenvalue weighted by atomic mass is 9.73. The van der Waals surface area contributed by atoms with Crippen LogP contribution in [-0.4, -0.2) is 18.2 Å².